The Balaban J connectivity index is 2.28. The molecular weight excluding hydrogens is 296 g/mol. The van der Waals surface area contributed by atoms with Crippen molar-refractivity contribution in [3.63, 3.8) is 0 Å². The molecule has 1 aliphatic rings. The van der Waals surface area contributed by atoms with Crippen LogP contribution in [0.2, 0.25) is 0 Å². The number of hydrogen-bond donors (Lipinski definition) is 3. The Labute approximate surface area is 137 Å². The number of carbonyl (C=O) groups is 1. The molecule has 128 valence electrons. The Kier molecular flexibility index (Phi) is 5.49. The fraction of sp³-hybridized carbons (Fsp3) is 0.588. The van der Waals surface area contributed by atoms with Gasteiger partial charge in [0.15, 0.2) is 0 Å². The van der Waals surface area contributed by atoms with Crippen LogP contribution in [-0.2, 0) is 4.79 Å². The van der Waals surface area contributed by atoms with Crippen LogP contribution in [0.3, 0.4) is 0 Å². The van der Waals surface area contributed by atoms with E-state index in [9.17, 15) is 9.90 Å². The number of carbonyl (C=O) groups excluding carboxylic acids is 1. The zero-order valence-electron chi connectivity index (χ0n) is 14.0. The fourth-order valence-corrected chi connectivity index (χ4v) is 2.50. The van der Waals surface area contributed by atoms with Gasteiger partial charge >= 0.3 is 0 Å². The maximum absolute atomic E-state index is 12.7. The molecular formula is C17H26N2O4. The second kappa shape index (κ2) is 7.19. The average Bonchev–Trinajstić information content (AvgIpc) is 2.63. The first-order chi connectivity index (χ1) is 10.9. The molecule has 3 N–H and O–H groups in total. The van der Waals surface area contributed by atoms with E-state index in [1.807, 2.05) is 39.0 Å². The number of benzene rings is 1. The maximum Gasteiger partial charge on any atom is 0.236 e. The Hall–Kier alpha value is -1.79. The Morgan fingerprint density at radius 3 is 2.83 bits per heavy atom. The van der Waals surface area contributed by atoms with Crippen LogP contribution >= 0.6 is 0 Å². The van der Waals surface area contributed by atoms with Crippen molar-refractivity contribution < 1.29 is 19.7 Å². The van der Waals surface area contributed by atoms with Crippen molar-refractivity contribution >= 4 is 17.3 Å². The molecule has 0 saturated heterocycles. The third kappa shape index (κ3) is 3.95. The van der Waals surface area contributed by atoms with Crippen LogP contribution in [0.1, 0.15) is 27.2 Å². The van der Waals surface area contributed by atoms with Gasteiger partial charge in [-0.05, 0) is 32.4 Å². The lowest BCUT2D eigenvalue weighted by Crippen LogP contribution is -2.42. The summed E-state index contributed by atoms with van der Waals surface area (Å²) in [6, 6.07) is 5.54. The van der Waals surface area contributed by atoms with Gasteiger partial charge in [-0.2, -0.15) is 0 Å². The van der Waals surface area contributed by atoms with Gasteiger partial charge in [-0.25, -0.2) is 0 Å². The van der Waals surface area contributed by atoms with Crippen molar-refractivity contribution in [1.82, 2.24) is 0 Å². The monoisotopic (exact) mass is 322 g/mol. The van der Waals surface area contributed by atoms with E-state index in [4.69, 9.17) is 9.84 Å². The summed E-state index contributed by atoms with van der Waals surface area (Å²) in [7, 11) is 0. The number of hydrogen-bond acceptors (Lipinski definition) is 5. The van der Waals surface area contributed by atoms with Crippen molar-refractivity contribution in [2.45, 2.75) is 33.3 Å². The van der Waals surface area contributed by atoms with Gasteiger partial charge < -0.3 is 25.2 Å². The van der Waals surface area contributed by atoms with Crippen molar-refractivity contribution in [3.05, 3.63) is 18.2 Å². The van der Waals surface area contributed by atoms with Crippen LogP contribution < -0.4 is 15.0 Å². The molecule has 23 heavy (non-hydrogen) atoms. The molecule has 2 rings (SSSR count). The van der Waals surface area contributed by atoms with E-state index < -0.39 is 11.5 Å². The van der Waals surface area contributed by atoms with Gasteiger partial charge in [0, 0.05) is 24.8 Å². The summed E-state index contributed by atoms with van der Waals surface area (Å²) in [6.07, 6.45) is 0.0519. The van der Waals surface area contributed by atoms with Gasteiger partial charge in [0.25, 0.3) is 0 Å². The predicted octanol–water partition coefficient (Wildman–Crippen LogP) is 1.61. The lowest BCUT2D eigenvalue weighted by molar-refractivity contribution is -0.127. The van der Waals surface area contributed by atoms with Gasteiger partial charge in [0.2, 0.25) is 5.91 Å². The smallest absolute Gasteiger partial charge is 0.236 e. The first kappa shape index (κ1) is 17.6. The van der Waals surface area contributed by atoms with Gasteiger partial charge in [0.1, 0.15) is 12.4 Å². The molecule has 0 saturated carbocycles. The van der Waals surface area contributed by atoms with E-state index in [-0.39, 0.29) is 19.1 Å². The number of anilines is 2. The van der Waals surface area contributed by atoms with Crippen molar-refractivity contribution in [1.29, 1.82) is 0 Å². The maximum atomic E-state index is 12.7. The van der Waals surface area contributed by atoms with Gasteiger partial charge in [-0.1, -0.05) is 6.92 Å². The van der Waals surface area contributed by atoms with E-state index in [2.05, 4.69) is 5.32 Å². The Bertz CT molecular complexity index is 560. The number of nitrogens with one attached hydrogen (secondary N) is 1. The minimum atomic E-state index is -0.813. The minimum absolute atomic E-state index is 0.0644. The Morgan fingerprint density at radius 2 is 2.17 bits per heavy atom. The van der Waals surface area contributed by atoms with E-state index in [0.717, 1.165) is 17.8 Å². The van der Waals surface area contributed by atoms with Crippen LogP contribution in [0.25, 0.3) is 0 Å². The number of aliphatic hydroxyl groups excluding tert-OH is 2. The predicted molar refractivity (Wildman–Crippen MR) is 89.9 cm³/mol. The molecule has 0 fully saturated rings. The van der Waals surface area contributed by atoms with Crippen LogP contribution in [0.5, 0.6) is 5.75 Å². The highest BCUT2D eigenvalue weighted by molar-refractivity contribution is 5.99. The van der Waals surface area contributed by atoms with E-state index in [1.54, 1.807) is 4.90 Å². The number of nitrogens with zero attached hydrogens (tertiary/aromatic N) is 1. The van der Waals surface area contributed by atoms with Crippen LogP contribution in [0.4, 0.5) is 11.4 Å². The lowest BCUT2D eigenvalue weighted by atomic mass is 9.93. The molecule has 1 heterocycles. The van der Waals surface area contributed by atoms with Crippen molar-refractivity contribution in [2.75, 3.05) is 36.5 Å². The summed E-state index contributed by atoms with van der Waals surface area (Å²) < 4.78 is 5.87. The van der Waals surface area contributed by atoms with E-state index in [0.29, 0.717) is 18.9 Å². The van der Waals surface area contributed by atoms with Crippen LogP contribution in [0.15, 0.2) is 18.2 Å². The topological polar surface area (TPSA) is 82.0 Å². The first-order valence-electron chi connectivity index (χ1n) is 8.00. The van der Waals surface area contributed by atoms with E-state index >= 15 is 0 Å². The highest BCUT2D eigenvalue weighted by Crippen LogP contribution is 2.38. The number of aliphatic hydroxyl groups is 2. The summed E-state index contributed by atoms with van der Waals surface area (Å²) in [5.74, 6) is 0.718. The molecule has 1 amide bonds. The molecule has 1 aromatic carbocycles. The molecule has 6 heteroatoms. The van der Waals surface area contributed by atoms with Crippen molar-refractivity contribution in [3.8, 4) is 5.75 Å². The summed E-state index contributed by atoms with van der Waals surface area (Å²) in [6.45, 7) is 6.75. The third-order valence-electron chi connectivity index (χ3n) is 3.86. The molecule has 1 aromatic rings. The highest BCUT2D eigenvalue weighted by Gasteiger charge is 2.37. The molecule has 0 radical (unpaired) electrons. The summed E-state index contributed by atoms with van der Waals surface area (Å²) >= 11 is 0. The van der Waals surface area contributed by atoms with Gasteiger partial charge in [0.05, 0.1) is 23.8 Å². The minimum Gasteiger partial charge on any atom is -0.490 e. The quantitative estimate of drug-likeness (QED) is 0.741. The average molecular weight is 322 g/mol. The van der Waals surface area contributed by atoms with Gasteiger partial charge in [-0.15, -0.1) is 0 Å². The molecule has 1 atom stereocenters. The highest BCUT2D eigenvalue weighted by atomic mass is 16.5. The standard InChI is InChI=1S/C17H26N2O4/c1-4-7-19-14-6-5-12(18-9-13(21)10-20)8-15(14)23-11-17(2,3)16(19)22/h5-6,8,13,18,20-21H,4,7,9-11H2,1-3H3. The number of fused-ring (bicyclic) bond motifs is 1. The number of ether oxygens (including phenoxy) is 1. The summed E-state index contributed by atoms with van der Waals surface area (Å²) in [5, 5.41) is 21.3. The molecule has 0 bridgehead atoms. The fourth-order valence-electron chi connectivity index (χ4n) is 2.50. The molecule has 1 unspecified atom stereocenters. The summed E-state index contributed by atoms with van der Waals surface area (Å²) in [5.41, 5.74) is 0.977. The number of rotatable bonds is 6. The zero-order chi connectivity index (χ0) is 17.0. The lowest BCUT2D eigenvalue weighted by Gasteiger charge is -2.27. The van der Waals surface area contributed by atoms with E-state index in [1.165, 1.54) is 0 Å². The van der Waals surface area contributed by atoms with Crippen LogP contribution in [-0.4, -0.2) is 48.5 Å². The second-order valence-corrected chi connectivity index (χ2v) is 6.53. The first-order valence-corrected chi connectivity index (χ1v) is 8.00. The summed E-state index contributed by atoms with van der Waals surface area (Å²) in [4.78, 5) is 14.5. The third-order valence-corrected chi connectivity index (χ3v) is 3.86. The molecule has 6 nitrogen and oxygen atoms in total. The Morgan fingerprint density at radius 1 is 1.43 bits per heavy atom. The molecule has 0 spiro atoms. The van der Waals surface area contributed by atoms with Crippen molar-refractivity contribution in [2.24, 2.45) is 5.41 Å². The second-order valence-electron chi connectivity index (χ2n) is 6.53. The number of amides is 1. The largest absolute Gasteiger partial charge is 0.490 e. The van der Waals surface area contributed by atoms with Gasteiger partial charge in [-0.3, -0.25) is 4.79 Å². The molecule has 0 aliphatic carbocycles. The molecule has 0 aromatic heterocycles. The zero-order valence-corrected chi connectivity index (χ0v) is 14.0. The molecule has 1 aliphatic heterocycles. The normalized spacial score (nSPS) is 18.0. The van der Waals surface area contributed by atoms with Crippen LogP contribution in [0, 0.1) is 5.41 Å². The SMILES string of the molecule is CCCN1C(=O)C(C)(C)COc2cc(NCC(O)CO)ccc21.